The Morgan fingerprint density at radius 2 is 1.02 bits per heavy atom. The number of unbranched alkanes of at least 4 members (excludes halogenated alkanes) is 24. The van der Waals surface area contributed by atoms with Gasteiger partial charge in [-0.1, -0.05) is 168 Å². The molecule has 0 fully saturated rings. The highest BCUT2D eigenvalue weighted by atomic mass is 31.2. The standard InChI is InChI=1S/C40H80NO8P/c1-6-8-10-12-14-16-18-20-22-24-26-28-30-32-39(42)46-36-38(37-48-50(44,45)47-35-34-41(3,4)5)49-40(43)33-31-29-27-25-23-21-19-17-15-13-11-9-7-2/h38H,6-37H2,1-5H3/p+1/t38-/m1/s1/i39+2. The number of phosphoric acid groups is 1. The summed E-state index contributed by atoms with van der Waals surface area (Å²) in [5.41, 5.74) is 0. The zero-order valence-corrected chi connectivity index (χ0v) is 34.3. The third-order valence-electron chi connectivity index (χ3n) is 9.14. The quantitative estimate of drug-likeness (QED) is 0.0289. The molecular weight excluding hydrogens is 655 g/mol. The highest BCUT2D eigenvalue weighted by Crippen LogP contribution is 2.43. The molecule has 0 spiro atoms. The first-order valence-corrected chi connectivity index (χ1v) is 22.3. The van der Waals surface area contributed by atoms with Gasteiger partial charge in [0, 0.05) is 12.8 Å². The third-order valence-corrected chi connectivity index (χ3v) is 10.1. The van der Waals surface area contributed by atoms with E-state index in [1.165, 1.54) is 128 Å². The summed E-state index contributed by atoms with van der Waals surface area (Å²) >= 11 is 0. The summed E-state index contributed by atoms with van der Waals surface area (Å²) in [7, 11) is 1.49. The smallest absolute Gasteiger partial charge is 0.462 e. The van der Waals surface area contributed by atoms with Gasteiger partial charge in [-0.05, 0) is 12.8 Å². The number of phosphoric ester groups is 1. The van der Waals surface area contributed by atoms with Crippen molar-refractivity contribution in [1.82, 2.24) is 0 Å². The van der Waals surface area contributed by atoms with Gasteiger partial charge in [-0.15, -0.1) is 0 Å². The minimum Gasteiger partial charge on any atom is -0.462 e. The van der Waals surface area contributed by atoms with E-state index in [0.717, 1.165) is 38.5 Å². The van der Waals surface area contributed by atoms with Gasteiger partial charge in [0.2, 0.25) is 0 Å². The van der Waals surface area contributed by atoms with Crippen molar-refractivity contribution in [2.45, 2.75) is 200 Å². The SMILES string of the molecule is CCCCCCCCCCCCCCCC(=O)O[C@H](CO[14C](=O)CCCCCCCCCCCCCCC)COP(=O)(O)OCC[N+](C)(C)C. The first-order valence-electron chi connectivity index (χ1n) is 20.8. The molecule has 0 aliphatic carbocycles. The number of rotatable bonds is 38. The summed E-state index contributed by atoms with van der Waals surface area (Å²) < 4.78 is 34.2. The maximum atomic E-state index is 12.6. The molecule has 1 N–H and O–H groups in total. The summed E-state index contributed by atoms with van der Waals surface area (Å²) in [6.07, 6.45) is 31.4. The topological polar surface area (TPSA) is 108 Å². The van der Waals surface area contributed by atoms with Crippen LogP contribution in [0.1, 0.15) is 194 Å². The van der Waals surface area contributed by atoms with Gasteiger partial charge < -0.3 is 18.9 Å². The summed E-state index contributed by atoms with van der Waals surface area (Å²) in [5.74, 6) is -0.787. The van der Waals surface area contributed by atoms with E-state index in [1.54, 1.807) is 0 Å². The fourth-order valence-electron chi connectivity index (χ4n) is 5.84. The highest BCUT2D eigenvalue weighted by Gasteiger charge is 2.27. The van der Waals surface area contributed by atoms with Crippen LogP contribution in [0.25, 0.3) is 0 Å². The van der Waals surface area contributed by atoms with Crippen molar-refractivity contribution in [2.75, 3.05) is 47.5 Å². The van der Waals surface area contributed by atoms with Gasteiger partial charge in [0.05, 0.1) is 27.7 Å². The number of carbonyl (C=O) groups is 2. The van der Waals surface area contributed by atoms with Gasteiger partial charge in [0.15, 0.2) is 6.10 Å². The second kappa shape index (κ2) is 33.8. The van der Waals surface area contributed by atoms with Crippen LogP contribution in [0.4, 0.5) is 0 Å². The summed E-state index contributed by atoms with van der Waals surface area (Å²) in [6.45, 7) is 4.44. The first-order chi connectivity index (χ1) is 24.0. The Morgan fingerprint density at radius 3 is 1.44 bits per heavy atom. The number of ether oxygens (including phenoxy) is 2. The van der Waals surface area contributed by atoms with Gasteiger partial charge in [-0.25, -0.2) is 4.57 Å². The van der Waals surface area contributed by atoms with E-state index < -0.39 is 26.5 Å². The van der Waals surface area contributed by atoms with Gasteiger partial charge in [0.25, 0.3) is 0 Å². The number of hydrogen-bond acceptors (Lipinski definition) is 7. The van der Waals surface area contributed by atoms with E-state index in [4.69, 9.17) is 18.5 Å². The Hall–Kier alpha value is -0.990. The Labute approximate surface area is 308 Å². The molecule has 0 bridgehead atoms. The molecular formula is C40H81NO8P+. The third kappa shape index (κ3) is 36.8. The largest absolute Gasteiger partial charge is 0.472 e. The maximum absolute atomic E-state index is 12.6. The van der Waals surface area contributed by atoms with Crippen molar-refractivity contribution in [3.63, 3.8) is 0 Å². The Balaban J connectivity index is 4.36. The predicted octanol–water partition coefficient (Wildman–Crippen LogP) is 11.2. The van der Waals surface area contributed by atoms with Crippen LogP contribution in [0.2, 0.25) is 0 Å². The van der Waals surface area contributed by atoms with Crippen LogP contribution in [0, 0.1) is 0 Å². The van der Waals surface area contributed by atoms with E-state index in [0.29, 0.717) is 17.4 Å². The number of quaternary nitrogens is 1. The highest BCUT2D eigenvalue weighted by molar-refractivity contribution is 7.47. The molecule has 298 valence electrons. The molecule has 0 aromatic heterocycles. The van der Waals surface area contributed by atoms with Crippen LogP contribution in [0.5, 0.6) is 0 Å². The Bertz CT molecular complexity index is 835. The van der Waals surface area contributed by atoms with Crippen molar-refractivity contribution in [2.24, 2.45) is 0 Å². The minimum atomic E-state index is -4.36. The van der Waals surface area contributed by atoms with Crippen molar-refractivity contribution in [3.05, 3.63) is 0 Å². The molecule has 0 aromatic rings. The van der Waals surface area contributed by atoms with Crippen LogP contribution in [0.15, 0.2) is 0 Å². The van der Waals surface area contributed by atoms with Crippen molar-refractivity contribution in [1.29, 1.82) is 0 Å². The number of esters is 2. The van der Waals surface area contributed by atoms with Crippen LogP contribution in [0.3, 0.4) is 0 Å². The lowest BCUT2D eigenvalue weighted by molar-refractivity contribution is -0.870. The molecule has 0 aromatic carbocycles. The molecule has 0 aliphatic heterocycles. The number of carbonyl (C=O) groups excluding carboxylic acids is 2. The Kier molecular flexibility index (Phi) is 33.2. The number of nitrogens with zero attached hydrogens (tertiary/aromatic N) is 1. The van der Waals surface area contributed by atoms with Crippen LogP contribution >= 0.6 is 7.82 Å². The monoisotopic (exact) mass is 737 g/mol. The van der Waals surface area contributed by atoms with Gasteiger partial charge >= 0.3 is 19.8 Å². The summed E-state index contributed by atoms with van der Waals surface area (Å²) in [5, 5.41) is 0. The molecule has 0 amide bonds. The van der Waals surface area contributed by atoms with Crippen LogP contribution in [-0.4, -0.2) is 74.9 Å². The molecule has 0 aliphatic rings. The van der Waals surface area contributed by atoms with Crippen LogP contribution in [-0.2, 0) is 32.7 Å². The van der Waals surface area contributed by atoms with Crippen LogP contribution < -0.4 is 0 Å². The molecule has 0 heterocycles. The lowest BCUT2D eigenvalue weighted by Crippen LogP contribution is -2.37. The predicted molar refractivity (Wildman–Crippen MR) is 206 cm³/mol. The number of likely N-dealkylation sites (N-methyl/N-ethyl adjacent to an activating group) is 1. The molecule has 9 nitrogen and oxygen atoms in total. The van der Waals surface area contributed by atoms with Gasteiger partial charge in [-0.3, -0.25) is 18.6 Å². The Morgan fingerprint density at radius 1 is 0.620 bits per heavy atom. The molecule has 50 heavy (non-hydrogen) atoms. The zero-order valence-electron chi connectivity index (χ0n) is 33.4. The fraction of sp³-hybridized carbons (Fsp3) is 0.950. The van der Waals surface area contributed by atoms with Crippen molar-refractivity contribution >= 4 is 19.8 Å². The van der Waals surface area contributed by atoms with Crippen molar-refractivity contribution < 1.29 is 42.1 Å². The maximum Gasteiger partial charge on any atom is 0.472 e. The van der Waals surface area contributed by atoms with E-state index in [-0.39, 0.29) is 25.6 Å². The second-order valence-corrected chi connectivity index (χ2v) is 16.8. The average Bonchev–Trinajstić information content (AvgIpc) is 3.06. The van der Waals surface area contributed by atoms with E-state index in [2.05, 4.69) is 13.8 Å². The summed E-state index contributed by atoms with van der Waals surface area (Å²) in [4.78, 5) is 35.2. The van der Waals surface area contributed by atoms with E-state index in [1.807, 2.05) is 21.1 Å². The second-order valence-electron chi connectivity index (χ2n) is 15.4. The molecule has 1 unspecified atom stereocenters. The molecule has 0 saturated heterocycles. The molecule has 0 radical (unpaired) electrons. The lowest BCUT2D eigenvalue weighted by atomic mass is 10.0. The average molecular weight is 737 g/mol. The molecule has 2 atom stereocenters. The zero-order chi connectivity index (χ0) is 37.2. The first kappa shape index (κ1) is 49.0. The molecule has 0 saturated carbocycles. The number of hydrogen-bond donors (Lipinski definition) is 1. The van der Waals surface area contributed by atoms with E-state index in [9.17, 15) is 19.0 Å². The lowest BCUT2D eigenvalue weighted by Gasteiger charge is -2.24. The molecule has 10 heteroatoms. The normalized spacial score (nSPS) is 13.6. The van der Waals surface area contributed by atoms with Gasteiger partial charge in [-0.2, -0.15) is 0 Å². The fourth-order valence-corrected chi connectivity index (χ4v) is 6.58. The van der Waals surface area contributed by atoms with Gasteiger partial charge in [0.1, 0.15) is 19.8 Å². The summed E-state index contributed by atoms with van der Waals surface area (Å²) in [6, 6.07) is 0. The van der Waals surface area contributed by atoms with Crippen molar-refractivity contribution in [3.8, 4) is 0 Å². The minimum absolute atomic E-state index is 0.0366. The molecule has 0 rings (SSSR count). The van der Waals surface area contributed by atoms with E-state index >= 15 is 0 Å².